The van der Waals surface area contributed by atoms with Gasteiger partial charge < -0.3 is 5.32 Å². The van der Waals surface area contributed by atoms with Crippen molar-refractivity contribution in [2.45, 2.75) is 35.4 Å². The summed E-state index contributed by atoms with van der Waals surface area (Å²) >= 11 is 2.99. The van der Waals surface area contributed by atoms with Crippen molar-refractivity contribution in [3.63, 3.8) is 0 Å². The van der Waals surface area contributed by atoms with Gasteiger partial charge in [0.2, 0.25) is 5.13 Å². The Kier molecular flexibility index (Phi) is 4.03. The van der Waals surface area contributed by atoms with Gasteiger partial charge in [0.1, 0.15) is 0 Å². The predicted octanol–water partition coefficient (Wildman–Crippen LogP) is 3.48. The van der Waals surface area contributed by atoms with Gasteiger partial charge in [-0.25, -0.2) is 0 Å². The summed E-state index contributed by atoms with van der Waals surface area (Å²) in [6.45, 7) is 1.91. The van der Waals surface area contributed by atoms with Crippen LogP contribution in [0.4, 0.5) is 5.13 Å². The van der Waals surface area contributed by atoms with Crippen LogP contribution in [-0.4, -0.2) is 27.3 Å². The molecule has 1 aromatic heterocycles. The van der Waals surface area contributed by atoms with Crippen molar-refractivity contribution in [3.05, 3.63) is 35.9 Å². The fourth-order valence-electron chi connectivity index (χ4n) is 1.76. The minimum absolute atomic E-state index is 0.127. The van der Waals surface area contributed by atoms with Crippen molar-refractivity contribution in [3.8, 4) is 0 Å². The summed E-state index contributed by atoms with van der Waals surface area (Å²) in [5.41, 5.74) is 0.744. The van der Waals surface area contributed by atoms with Gasteiger partial charge in [-0.15, -0.1) is 10.2 Å². The zero-order valence-corrected chi connectivity index (χ0v) is 12.7. The van der Waals surface area contributed by atoms with Crippen LogP contribution in [0, 0.1) is 0 Å². The molecule has 0 saturated heterocycles. The topological polar surface area (TPSA) is 54.9 Å². The maximum atomic E-state index is 12.3. The van der Waals surface area contributed by atoms with Crippen LogP contribution in [0.2, 0.25) is 0 Å². The highest BCUT2D eigenvalue weighted by molar-refractivity contribution is 8.02. The molecule has 6 heteroatoms. The average Bonchev–Trinajstić information content (AvgIpc) is 3.18. The first-order valence-corrected chi connectivity index (χ1v) is 8.28. The second-order valence-electron chi connectivity index (χ2n) is 4.78. The minimum Gasteiger partial charge on any atom is -0.357 e. The number of carbonyl (C=O) groups excluding carboxylic acids is 1. The lowest BCUT2D eigenvalue weighted by Crippen LogP contribution is -2.13. The molecule has 1 aliphatic rings. The fraction of sp³-hybridized carbons (Fsp3) is 0.357. The van der Waals surface area contributed by atoms with Crippen LogP contribution < -0.4 is 5.32 Å². The van der Waals surface area contributed by atoms with E-state index in [1.165, 1.54) is 35.9 Å². The predicted molar refractivity (Wildman–Crippen MR) is 82.6 cm³/mol. The van der Waals surface area contributed by atoms with Crippen molar-refractivity contribution in [2.24, 2.45) is 0 Å². The number of benzene rings is 1. The molecular formula is C14H15N3OS2. The first kappa shape index (κ1) is 13.6. The average molecular weight is 305 g/mol. The van der Waals surface area contributed by atoms with Crippen LogP contribution in [0.3, 0.4) is 0 Å². The Balaban J connectivity index is 1.61. The van der Waals surface area contributed by atoms with Crippen molar-refractivity contribution >= 4 is 34.0 Å². The SMILES string of the molecule is CC(Sc1nnc(NC2CC2)s1)C(=O)c1ccccc1. The fourth-order valence-corrected chi connectivity index (χ4v) is 3.81. The van der Waals surface area contributed by atoms with Gasteiger partial charge in [0.25, 0.3) is 0 Å². The lowest BCUT2D eigenvalue weighted by Gasteiger charge is -2.07. The van der Waals surface area contributed by atoms with E-state index in [-0.39, 0.29) is 11.0 Å². The Bertz CT molecular complexity index is 595. The highest BCUT2D eigenvalue weighted by Crippen LogP contribution is 2.32. The molecule has 1 saturated carbocycles. The smallest absolute Gasteiger partial charge is 0.206 e. The third-order valence-electron chi connectivity index (χ3n) is 3.02. The molecule has 4 nitrogen and oxygen atoms in total. The first-order chi connectivity index (χ1) is 9.72. The number of hydrogen-bond donors (Lipinski definition) is 1. The van der Waals surface area contributed by atoms with E-state index in [0.717, 1.165) is 15.0 Å². The largest absolute Gasteiger partial charge is 0.357 e. The number of hydrogen-bond acceptors (Lipinski definition) is 6. The number of rotatable bonds is 6. The van der Waals surface area contributed by atoms with Crippen molar-refractivity contribution in [1.82, 2.24) is 10.2 Å². The van der Waals surface area contributed by atoms with Gasteiger partial charge in [-0.2, -0.15) is 0 Å². The molecule has 1 unspecified atom stereocenters. The van der Waals surface area contributed by atoms with E-state index < -0.39 is 0 Å². The third-order valence-corrected chi connectivity index (χ3v) is 5.06. The molecule has 1 atom stereocenters. The van der Waals surface area contributed by atoms with E-state index >= 15 is 0 Å². The normalized spacial score (nSPS) is 15.8. The van der Waals surface area contributed by atoms with Crippen LogP contribution >= 0.6 is 23.1 Å². The van der Waals surface area contributed by atoms with Gasteiger partial charge >= 0.3 is 0 Å². The summed E-state index contributed by atoms with van der Waals surface area (Å²) < 4.78 is 0.838. The van der Waals surface area contributed by atoms with Crippen LogP contribution in [-0.2, 0) is 0 Å². The van der Waals surface area contributed by atoms with Gasteiger partial charge in [-0.1, -0.05) is 53.4 Å². The Labute approximate surface area is 126 Å². The molecule has 0 bridgehead atoms. The van der Waals surface area contributed by atoms with Gasteiger partial charge in [0, 0.05) is 11.6 Å². The molecule has 1 aromatic carbocycles. The van der Waals surface area contributed by atoms with E-state index in [9.17, 15) is 4.79 Å². The number of nitrogens with zero attached hydrogens (tertiary/aromatic N) is 2. The number of carbonyl (C=O) groups is 1. The van der Waals surface area contributed by atoms with Crippen LogP contribution in [0.15, 0.2) is 34.7 Å². The molecular weight excluding hydrogens is 290 g/mol. The Morgan fingerprint density at radius 1 is 1.35 bits per heavy atom. The molecule has 2 aromatic rings. The lowest BCUT2D eigenvalue weighted by atomic mass is 10.1. The Morgan fingerprint density at radius 3 is 2.80 bits per heavy atom. The monoisotopic (exact) mass is 305 g/mol. The summed E-state index contributed by atoms with van der Waals surface area (Å²) in [5, 5.41) is 12.3. The van der Waals surface area contributed by atoms with E-state index in [0.29, 0.717) is 6.04 Å². The lowest BCUT2D eigenvalue weighted by molar-refractivity contribution is 0.0994. The summed E-state index contributed by atoms with van der Waals surface area (Å²) in [6.07, 6.45) is 2.43. The molecule has 3 rings (SSSR count). The van der Waals surface area contributed by atoms with Crippen LogP contribution in [0.5, 0.6) is 0 Å². The molecule has 1 aliphatic carbocycles. The molecule has 20 heavy (non-hydrogen) atoms. The molecule has 0 aliphatic heterocycles. The summed E-state index contributed by atoms with van der Waals surface area (Å²) in [6, 6.07) is 9.94. The Morgan fingerprint density at radius 2 is 2.10 bits per heavy atom. The molecule has 1 fully saturated rings. The van der Waals surface area contributed by atoms with E-state index in [1.807, 2.05) is 37.3 Å². The minimum atomic E-state index is -0.154. The molecule has 104 valence electrons. The van der Waals surface area contributed by atoms with Crippen LogP contribution in [0.25, 0.3) is 0 Å². The van der Waals surface area contributed by atoms with E-state index in [4.69, 9.17) is 0 Å². The number of ketones is 1. The Hall–Kier alpha value is -1.40. The first-order valence-electron chi connectivity index (χ1n) is 6.58. The number of Topliss-reactive ketones (excluding diaryl/α,β-unsaturated/α-hetero) is 1. The highest BCUT2D eigenvalue weighted by atomic mass is 32.2. The van der Waals surface area contributed by atoms with Crippen molar-refractivity contribution in [1.29, 1.82) is 0 Å². The number of thioether (sulfide) groups is 1. The van der Waals surface area contributed by atoms with Gasteiger partial charge in [0.15, 0.2) is 10.1 Å². The number of aromatic nitrogens is 2. The quantitative estimate of drug-likeness (QED) is 0.654. The molecule has 0 spiro atoms. The molecule has 0 radical (unpaired) electrons. The molecule has 1 N–H and O–H groups in total. The zero-order valence-electron chi connectivity index (χ0n) is 11.1. The number of anilines is 1. The summed E-state index contributed by atoms with van der Waals surface area (Å²) in [4.78, 5) is 12.3. The van der Waals surface area contributed by atoms with Gasteiger partial charge in [-0.05, 0) is 19.8 Å². The van der Waals surface area contributed by atoms with E-state index in [2.05, 4.69) is 15.5 Å². The van der Waals surface area contributed by atoms with Crippen LogP contribution in [0.1, 0.15) is 30.1 Å². The third kappa shape index (κ3) is 3.37. The van der Waals surface area contributed by atoms with Crippen molar-refractivity contribution in [2.75, 3.05) is 5.32 Å². The van der Waals surface area contributed by atoms with E-state index in [1.54, 1.807) is 0 Å². The summed E-state index contributed by atoms with van der Waals surface area (Å²) in [5.74, 6) is 0.127. The maximum Gasteiger partial charge on any atom is 0.206 e. The summed E-state index contributed by atoms with van der Waals surface area (Å²) in [7, 11) is 0. The highest BCUT2D eigenvalue weighted by Gasteiger charge is 2.23. The second kappa shape index (κ2) is 5.93. The second-order valence-corrected chi connectivity index (χ2v) is 7.35. The molecule has 1 heterocycles. The number of nitrogens with one attached hydrogen (secondary N) is 1. The zero-order chi connectivity index (χ0) is 13.9. The van der Waals surface area contributed by atoms with Crippen molar-refractivity contribution < 1.29 is 4.79 Å². The van der Waals surface area contributed by atoms with Gasteiger partial charge in [-0.3, -0.25) is 4.79 Å². The molecule has 0 amide bonds. The van der Waals surface area contributed by atoms with Gasteiger partial charge in [0.05, 0.1) is 5.25 Å². The standard InChI is InChI=1S/C14H15N3OS2/c1-9(12(18)10-5-3-2-4-6-10)19-14-17-16-13(20-14)15-11-7-8-11/h2-6,9,11H,7-8H2,1H3,(H,15,16). The maximum absolute atomic E-state index is 12.3.